The summed E-state index contributed by atoms with van der Waals surface area (Å²) < 4.78 is 20.6. The van der Waals surface area contributed by atoms with E-state index in [0.29, 0.717) is 24.1 Å². The summed E-state index contributed by atoms with van der Waals surface area (Å²) in [5, 5.41) is 7.49. The Bertz CT molecular complexity index is 2480. The van der Waals surface area contributed by atoms with Crippen LogP contribution in [0, 0.1) is 10.8 Å². The number of nitrogens with zero attached hydrogens (tertiary/aromatic N) is 4. The molecule has 2 N–H and O–H groups in total. The highest BCUT2D eigenvalue weighted by Gasteiger charge is 2.39. The van der Waals surface area contributed by atoms with Crippen LogP contribution in [0.1, 0.15) is 95.6 Å². The number of anilines is 4. The van der Waals surface area contributed by atoms with Crippen LogP contribution in [0.2, 0.25) is 0 Å². The number of hydrogen-bond donors (Lipinski definition) is 2. The second kappa shape index (κ2) is 20.6. The Kier molecular flexibility index (Phi) is 14.7. The van der Waals surface area contributed by atoms with Gasteiger partial charge in [0, 0.05) is 73.6 Å². The number of methoxy groups -OCH3 is 2. The number of benzene rings is 4. The van der Waals surface area contributed by atoms with Crippen molar-refractivity contribution in [2.45, 2.75) is 71.5 Å². The van der Waals surface area contributed by atoms with Crippen molar-refractivity contribution in [3.8, 4) is 0 Å². The molecule has 4 aromatic rings. The molecule has 5 heterocycles. The molecule has 3 unspecified atom stereocenters. The van der Waals surface area contributed by atoms with Crippen LogP contribution in [-0.4, -0.2) is 127 Å². The summed E-state index contributed by atoms with van der Waals surface area (Å²) >= 11 is 0. The first-order chi connectivity index (χ1) is 32.6. The highest BCUT2D eigenvalue weighted by molar-refractivity contribution is 5.98. The van der Waals surface area contributed by atoms with Gasteiger partial charge in [-0.3, -0.25) is 14.4 Å². The van der Waals surface area contributed by atoms with E-state index in [1.54, 1.807) is 11.9 Å². The average molecular weight is 929 g/mol. The van der Waals surface area contributed by atoms with Crippen LogP contribution in [0.25, 0.3) is 0 Å². The molecule has 0 aliphatic carbocycles. The summed E-state index contributed by atoms with van der Waals surface area (Å²) in [4.78, 5) is 57.6. The molecule has 68 heavy (non-hydrogen) atoms. The number of carbonyl (C=O) groups excluding carboxylic acids is 4. The third-order valence-electron chi connectivity index (χ3n) is 14.2. The van der Waals surface area contributed by atoms with Crippen LogP contribution in [-0.2, 0) is 41.4 Å². The first-order valence-corrected chi connectivity index (χ1v) is 24.0. The van der Waals surface area contributed by atoms with E-state index in [2.05, 4.69) is 101 Å². The van der Waals surface area contributed by atoms with Crippen molar-refractivity contribution in [1.29, 1.82) is 0 Å². The van der Waals surface area contributed by atoms with E-state index >= 15 is 0 Å². The van der Waals surface area contributed by atoms with Gasteiger partial charge in [0.15, 0.2) is 0 Å². The van der Waals surface area contributed by atoms with E-state index in [9.17, 15) is 19.2 Å². The Morgan fingerprint density at radius 2 is 1.16 bits per heavy atom. The smallest absolute Gasteiger partial charge is 0.328 e. The number of esters is 2. The van der Waals surface area contributed by atoms with Crippen molar-refractivity contribution in [2.24, 2.45) is 10.8 Å². The Balaban J connectivity index is 0.000000184. The van der Waals surface area contributed by atoms with Crippen LogP contribution < -0.4 is 20.4 Å². The summed E-state index contributed by atoms with van der Waals surface area (Å²) in [6, 6.07) is 29.0. The quantitative estimate of drug-likeness (QED) is 0.160. The molecule has 5 aliphatic rings. The van der Waals surface area contributed by atoms with Crippen LogP contribution in [0.15, 0.2) is 84.9 Å². The van der Waals surface area contributed by atoms with Crippen LogP contribution in [0.3, 0.4) is 0 Å². The molecule has 4 aromatic carbocycles. The van der Waals surface area contributed by atoms with Crippen molar-refractivity contribution < 1.29 is 38.1 Å². The fourth-order valence-corrected chi connectivity index (χ4v) is 10.5. The minimum Gasteiger partial charge on any atom is -0.468 e. The summed E-state index contributed by atoms with van der Waals surface area (Å²) in [5.41, 5.74) is 10.4. The van der Waals surface area contributed by atoms with E-state index in [0.717, 1.165) is 94.4 Å². The van der Waals surface area contributed by atoms with Crippen molar-refractivity contribution in [2.75, 3.05) is 107 Å². The maximum atomic E-state index is 13.3. The third kappa shape index (κ3) is 10.6. The zero-order chi connectivity index (χ0) is 48.2. The lowest BCUT2D eigenvalue weighted by Gasteiger charge is -2.42. The van der Waals surface area contributed by atoms with Gasteiger partial charge in [0.25, 0.3) is 11.8 Å². The van der Waals surface area contributed by atoms with Gasteiger partial charge in [-0.2, -0.15) is 0 Å². The Morgan fingerprint density at radius 3 is 1.66 bits per heavy atom. The highest BCUT2D eigenvalue weighted by atomic mass is 16.5. The number of nitrogens with one attached hydrogen (secondary N) is 2. The number of likely N-dealkylation sites (N-methyl/N-ethyl adjacent to an activating group) is 1. The standard InChI is InChI=1S/C28H35N3O4.C26H33N3O4/c1-28(2)18-21-16-20(26(32)31-11-5-8-24(31)27(33)34-3)9-10-23(21)29-25(28)19-6-4-7-22(17-19)30-12-14-35-15-13-30;1-26(2)16-20-14-19(25(31)28(3)17-23(30)32-4)8-9-22(20)27-24(26)18-6-5-7-21(15-18)29-10-12-33-13-11-29/h4,6-7,9-10,16-17,24-25,29H,5,8,11-15,18H2,1-3H3;5-9,14-15,24,27H,10-13,16-17H2,1-4H3. The molecule has 14 nitrogen and oxygen atoms in total. The topological polar surface area (TPSA) is 142 Å². The van der Waals surface area contributed by atoms with E-state index in [4.69, 9.17) is 14.2 Å². The number of morpholine rings is 2. The molecule has 3 saturated heterocycles. The third-order valence-corrected chi connectivity index (χ3v) is 14.2. The molecule has 362 valence electrons. The van der Waals surface area contributed by atoms with Crippen molar-refractivity contribution in [3.05, 3.63) is 118 Å². The number of rotatable bonds is 9. The van der Waals surface area contributed by atoms with Gasteiger partial charge >= 0.3 is 11.9 Å². The Morgan fingerprint density at radius 1 is 0.662 bits per heavy atom. The van der Waals surface area contributed by atoms with Gasteiger partial charge < -0.3 is 49.2 Å². The molecule has 14 heteroatoms. The fourth-order valence-electron chi connectivity index (χ4n) is 10.5. The largest absolute Gasteiger partial charge is 0.468 e. The van der Waals surface area contributed by atoms with Gasteiger partial charge in [-0.15, -0.1) is 0 Å². The predicted octanol–water partition coefficient (Wildman–Crippen LogP) is 7.54. The number of amides is 2. The molecular weight excluding hydrogens is 861 g/mol. The van der Waals surface area contributed by atoms with Gasteiger partial charge in [-0.25, -0.2) is 4.79 Å². The van der Waals surface area contributed by atoms with E-state index in [1.807, 2.05) is 36.4 Å². The molecular formula is C54H68N6O8. The number of likely N-dealkylation sites (tertiary alicyclic amines) is 1. The lowest BCUT2D eigenvalue weighted by molar-refractivity contribution is -0.145. The van der Waals surface area contributed by atoms with Crippen LogP contribution in [0.4, 0.5) is 22.7 Å². The predicted molar refractivity (Wildman–Crippen MR) is 265 cm³/mol. The van der Waals surface area contributed by atoms with Gasteiger partial charge in [-0.05, 0) is 119 Å². The second-order valence-electron chi connectivity index (χ2n) is 20.0. The molecule has 0 saturated carbocycles. The highest BCUT2D eigenvalue weighted by Crippen LogP contribution is 2.47. The molecule has 2 amide bonds. The summed E-state index contributed by atoms with van der Waals surface area (Å²) in [5.74, 6) is -1.06. The minimum absolute atomic E-state index is 0.0551. The molecule has 5 aliphatic heterocycles. The molecule has 9 rings (SSSR count). The molecule has 0 radical (unpaired) electrons. The molecule has 3 atom stereocenters. The van der Waals surface area contributed by atoms with E-state index < -0.39 is 12.0 Å². The number of ether oxygens (including phenoxy) is 4. The SMILES string of the molecule is COC(=O)C1CCCN1C(=O)c1ccc2c(c1)CC(C)(C)C(c1cccc(N3CCOCC3)c1)N2.COC(=O)CN(C)C(=O)c1ccc2c(c1)CC(C)(C)C(c1cccc(N3CCOCC3)c1)N2. The Labute approximate surface area is 401 Å². The van der Waals surface area contributed by atoms with E-state index in [1.165, 1.54) is 41.6 Å². The van der Waals surface area contributed by atoms with Gasteiger partial charge in [0.2, 0.25) is 0 Å². The average Bonchev–Trinajstić information content (AvgIpc) is 3.85. The van der Waals surface area contributed by atoms with Gasteiger partial charge in [-0.1, -0.05) is 52.0 Å². The number of carbonyl (C=O) groups is 4. The summed E-state index contributed by atoms with van der Waals surface area (Å²) in [7, 11) is 4.31. The summed E-state index contributed by atoms with van der Waals surface area (Å²) in [6.07, 6.45) is 3.16. The van der Waals surface area contributed by atoms with E-state index in [-0.39, 0.29) is 47.2 Å². The first-order valence-electron chi connectivity index (χ1n) is 24.0. The molecule has 0 aromatic heterocycles. The monoisotopic (exact) mass is 929 g/mol. The van der Waals surface area contributed by atoms with Crippen molar-refractivity contribution in [1.82, 2.24) is 9.80 Å². The van der Waals surface area contributed by atoms with Crippen LogP contribution in [0.5, 0.6) is 0 Å². The fraction of sp³-hybridized carbons (Fsp3) is 0.481. The zero-order valence-corrected chi connectivity index (χ0v) is 40.8. The van der Waals surface area contributed by atoms with Gasteiger partial charge in [0.05, 0.1) is 52.7 Å². The molecule has 0 bridgehead atoms. The number of hydrogen-bond acceptors (Lipinski definition) is 12. The molecule has 3 fully saturated rings. The maximum absolute atomic E-state index is 13.3. The second-order valence-corrected chi connectivity index (χ2v) is 20.0. The maximum Gasteiger partial charge on any atom is 0.328 e. The normalized spacial score (nSPS) is 21.4. The van der Waals surface area contributed by atoms with Gasteiger partial charge in [0.1, 0.15) is 12.6 Å². The Hall–Kier alpha value is -6.12. The number of fused-ring (bicyclic) bond motifs is 2. The molecule has 0 spiro atoms. The summed E-state index contributed by atoms with van der Waals surface area (Å²) in [6.45, 7) is 16.3. The zero-order valence-electron chi connectivity index (χ0n) is 40.8. The van der Waals surface area contributed by atoms with Crippen molar-refractivity contribution >= 4 is 46.5 Å². The van der Waals surface area contributed by atoms with Crippen molar-refractivity contribution in [3.63, 3.8) is 0 Å². The lowest BCUT2D eigenvalue weighted by atomic mass is 9.72. The lowest BCUT2D eigenvalue weighted by Crippen LogP contribution is -2.41. The minimum atomic E-state index is -0.485. The first kappa shape index (κ1) is 48.3. The van der Waals surface area contributed by atoms with Crippen LogP contribution >= 0.6 is 0 Å².